The predicted octanol–water partition coefficient (Wildman–Crippen LogP) is 3.36. The van der Waals surface area contributed by atoms with Crippen LogP contribution in [0.25, 0.3) is 0 Å². The summed E-state index contributed by atoms with van der Waals surface area (Å²) >= 11 is 0. The number of carbonyl (C=O) groups excluding carboxylic acids is 1. The second kappa shape index (κ2) is 11.0. The number of rotatable bonds is 10. The Kier molecular flexibility index (Phi) is 8.27. The normalized spacial score (nSPS) is 15.1. The first kappa shape index (κ1) is 25.6. The fourth-order valence-corrected chi connectivity index (χ4v) is 5.61. The van der Waals surface area contributed by atoms with Gasteiger partial charge in [0.2, 0.25) is 15.9 Å². The number of amides is 1. The molecule has 1 fully saturated rings. The molecule has 3 rings (SSSR count). The van der Waals surface area contributed by atoms with Crippen LogP contribution < -0.4 is 9.62 Å². The lowest BCUT2D eigenvalue weighted by Gasteiger charge is -2.31. The molecule has 1 heterocycles. The lowest BCUT2D eigenvalue weighted by atomic mass is 10.1. The monoisotopic (exact) mass is 488 g/mol. The van der Waals surface area contributed by atoms with Crippen LogP contribution in [0.2, 0.25) is 0 Å². The first-order valence-electron chi connectivity index (χ1n) is 11.4. The van der Waals surface area contributed by atoms with Crippen molar-refractivity contribution in [1.29, 1.82) is 0 Å². The number of nitrogens with one attached hydrogen (secondary N) is 1. The number of nitrogens with zero attached hydrogens (tertiary/aromatic N) is 3. The van der Waals surface area contributed by atoms with Gasteiger partial charge in [-0.05, 0) is 56.0 Å². The van der Waals surface area contributed by atoms with E-state index in [0.717, 1.165) is 41.3 Å². The number of nitro benzene ring substituents is 1. The zero-order valence-electron chi connectivity index (χ0n) is 19.9. The van der Waals surface area contributed by atoms with Crippen LogP contribution in [0, 0.1) is 17.0 Å². The third-order valence-corrected chi connectivity index (χ3v) is 7.30. The van der Waals surface area contributed by atoms with E-state index in [1.165, 1.54) is 31.0 Å². The van der Waals surface area contributed by atoms with E-state index in [4.69, 9.17) is 0 Å². The molecular formula is C24H32N4O5S. The fourth-order valence-electron chi connectivity index (χ4n) is 4.35. The highest BCUT2D eigenvalue weighted by Crippen LogP contribution is 2.30. The number of nitro groups is 1. The third kappa shape index (κ3) is 6.12. The SMILES string of the molecule is CC[C@@H](C(=O)NCc1ccccc1CN1CCCC1)N(c1cc([N+](=O)[O-])ccc1C)S(C)(=O)=O. The van der Waals surface area contributed by atoms with Crippen LogP contribution in [-0.4, -0.2) is 49.5 Å². The second-order valence-corrected chi connectivity index (χ2v) is 10.5. The molecule has 1 aliphatic heterocycles. The van der Waals surface area contributed by atoms with E-state index >= 15 is 0 Å². The molecule has 0 spiro atoms. The minimum atomic E-state index is -3.90. The highest BCUT2D eigenvalue weighted by molar-refractivity contribution is 7.92. The maximum Gasteiger partial charge on any atom is 0.271 e. The summed E-state index contributed by atoms with van der Waals surface area (Å²) in [7, 11) is -3.90. The smallest absolute Gasteiger partial charge is 0.271 e. The van der Waals surface area contributed by atoms with Gasteiger partial charge in [0.05, 0.1) is 16.9 Å². The summed E-state index contributed by atoms with van der Waals surface area (Å²) in [5.41, 5.74) is 2.54. The van der Waals surface area contributed by atoms with Gasteiger partial charge in [0.1, 0.15) is 6.04 Å². The largest absolute Gasteiger partial charge is 0.350 e. The number of sulfonamides is 1. The van der Waals surface area contributed by atoms with Crippen molar-refractivity contribution in [3.05, 3.63) is 69.3 Å². The van der Waals surface area contributed by atoms with Crippen molar-refractivity contribution in [2.45, 2.75) is 52.2 Å². The molecule has 2 aromatic rings. The third-order valence-electron chi connectivity index (χ3n) is 6.13. The second-order valence-electron chi connectivity index (χ2n) is 8.68. The summed E-state index contributed by atoms with van der Waals surface area (Å²) < 4.78 is 26.5. The van der Waals surface area contributed by atoms with Crippen molar-refractivity contribution >= 4 is 27.3 Å². The standard InChI is InChI=1S/C24H32N4O5S/c1-4-22(27(34(3,32)33)23-15-21(28(30)31)12-11-18(23)2)24(29)25-16-19-9-5-6-10-20(19)17-26-13-7-8-14-26/h5-6,9-12,15,22H,4,7-8,13-14,16-17H2,1-3H3,(H,25,29)/t22-/m0/s1. The van der Waals surface area contributed by atoms with Gasteiger partial charge >= 0.3 is 0 Å². The molecule has 1 saturated heterocycles. The number of anilines is 1. The molecule has 10 heteroatoms. The molecular weight excluding hydrogens is 456 g/mol. The van der Waals surface area contributed by atoms with E-state index in [1.807, 2.05) is 24.3 Å². The Morgan fingerprint density at radius 3 is 2.41 bits per heavy atom. The van der Waals surface area contributed by atoms with E-state index in [-0.39, 0.29) is 24.3 Å². The van der Waals surface area contributed by atoms with E-state index in [9.17, 15) is 23.3 Å². The zero-order valence-corrected chi connectivity index (χ0v) is 20.7. The van der Waals surface area contributed by atoms with Gasteiger partial charge < -0.3 is 5.32 Å². The lowest BCUT2D eigenvalue weighted by molar-refractivity contribution is -0.384. The molecule has 0 aromatic heterocycles. The van der Waals surface area contributed by atoms with E-state index in [2.05, 4.69) is 10.2 Å². The molecule has 2 aromatic carbocycles. The number of benzene rings is 2. The van der Waals surface area contributed by atoms with Crippen molar-refractivity contribution < 1.29 is 18.1 Å². The van der Waals surface area contributed by atoms with Crippen LogP contribution in [-0.2, 0) is 27.9 Å². The molecule has 184 valence electrons. The summed E-state index contributed by atoms with van der Waals surface area (Å²) in [6.07, 6.45) is 3.59. The number of likely N-dealkylation sites (tertiary alicyclic amines) is 1. The maximum atomic E-state index is 13.2. The van der Waals surface area contributed by atoms with E-state index < -0.39 is 26.9 Å². The Morgan fingerprint density at radius 2 is 1.82 bits per heavy atom. The minimum absolute atomic E-state index is 0.133. The average molecular weight is 489 g/mol. The number of non-ortho nitro benzene ring substituents is 1. The van der Waals surface area contributed by atoms with Crippen LogP contribution in [0.3, 0.4) is 0 Å². The maximum absolute atomic E-state index is 13.2. The highest BCUT2D eigenvalue weighted by Gasteiger charge is 2.33. The molecule has 1 aliphatic rings. The minimum Gasteiger partial charge on any atom is -0.350 e. The number of carbonyl (C=O) groups is 1. The molecule has 0 bridgehead atoms. The summed E-state index contributed by atoms with van der Waals surface area (Å²) in [5.74, 6) is -0.449. The first-order valence-corrected chi connectivity index (χ1v) is 13.3. The predicted molar refractivity (Wildman–Crippen MR) is 132 cm³/mol. The van der Waals surface area contributed by atoms with Crippen molar-refractivity contribution in [3.63, 3.8) is 0 Å². The van der Waals surface area contributed by atoms with Gasteiger partial charge in [-0.3, -0.25) is 24.1 Å². The summed E-state index contributed by atoms with van der Waals surface area (Å²) in [5, 5.41) is 14.2. The van der Waals surface area contributed by atoms with Crippen LogP contribution in [0.1, 0.15) is 42.9 Å². The van der Waals surface area contributed by atoms with E-state index in [1.54, 1.807) is 13.8 Å². The van der Waals surface area contributed by atoms with Gasteiger partial charge in [-0.15, -0.1) is 0 Å². The molecule has 0 radical (unpaired) electrons. The molecule has 0 unspecified atom stereocenters. The van der Waals surface area contributed by atoms with Crippen LogP contribution in [0.5, 0.6) is 0 Å². The molecule has 1 amide bonds. The number of hydrogen-bond donors (Lipinski definition) is 1. The lowest BCUT2D eigenvalue weighted by Crippen LogP contribution is -2.49. The number of hydrogen-bond acceptors (Lipinski definition) is 6. The van der Waals surface area contributed by atoms with Crippen molar-refractivity contribution in [2.24, 2.45) is 0 Å². The van der Waals surface area contributed by atoms with Gasteiger partial charge in [0.25, 0.3) is 5.69 Å². The molecule has 9 nitrogen and oxygen atoms in total. The van der Waals surface area contributed by atoms with Crippen molar-refractivity contribution in [1.82, 2.24) is 10.2 Å². The fraction of sp³-hybridized carbons (Fsp3) is 0.458. The topological polar surface area (TPSA) is 113 Å². The zero-order chi connectivity index (χ0) is 24.9. The van der Waals surface area contributed by atoms with Gasteiger partial charge in [-0.2, -0.15) is 0 Å². The summed E-state index contributed by atoms with van der Waals surface area (Å²) in [6.45, 7) is 6.58. The molecule has 0 saturated carbocycles. The Bertz CT molecular complexity index is 1150. The highest BCUT2D eigenvalue weighted by atomic mass is 32.2. The average Bonchev–Trinajstić information content (AvgIpc) is 3.29. The van der Waals surface area contributed by atoms with Crippen molar-refractivity contribution in [3.8, 4) is 0 Å². The van der Waals surface area contributed by atoms with Crippen LogP contribution in [0.15, 0.2) is 42.5 Å². The molecule has 1 atom stereocenters. The summed E-state index contributed by atoms with van der Waals surface area (Å²) in [4.78, 5) is 26.3. The van der Waals surface area contributed by atoms with Gasteiger partial charge in [0, 0.05) is 25.2 Å². The summed E-state index contributed by atoms with van der Waals surface area (Å²) in [6, 6.07) is 10.9. The van der Waals surface area contributed by atoms with Gasteiger partial charge in [-0.25, -0.2) is 8.42 Å². The van der Waals surface area contributed by atoms with Gasteiger partial charge in [0.15, 0.2) is 0 Å². The van der Waals surface area contributed by atoms with Crippen molar-refractivity contribution in [2.75, 3.05) is 23.7 Å². The molecule has 0 aliphatic carbocycles. The van der Waals surface area contributed by atoms with Gasteiger partial charge in [-0.1, -0.05) is 37.3 Å². The Balaban J connectivity index is 1.84. The Labute approximate surface area is 201 Å². The number of aryl methyl sites for hydroxylation is 1. The molecule has 1 N–H and O–H groups in total. The quantitative estimate of drug-likeness (QED) is 0.405. The van der Waals surface area contributed by atoms with E-state index in [0.29, 0.717) is 5.56 Å². The Hall–Kier alpha value is -2.98. The first-order chi connectivity index (χ1) is 16.1. The molecule has 34 heavy (non-hydrogen) atoms. The van der Waals surface area contributed by atoms with Crippen LogP contribution in [0.4, 0.5) is 11.4 Å². The van der Waals surface area contributed by atoms with Crippen LogP contribution >= 0.6 is 0 Å². The Morgan fingerprint density at radius 1 is 1.18 bits per heavy atom.